The van der Waals surface area contributed by atoms with E-state index < -0.39 is 0 Å². The van der Waals surface area contributed by atoms with E-state index in [1.54, 1.807) is 0 Å². The minimum atomic E-state index is -0.372. The number of rotatable bonds is 3. The van der Waals surface area contributed by atoms with Crippen LogP contribution in [0.15, 0.2) is 18.2 Å². The van der Waals surface area contributed by atoms with E-state index >= 15 is 0 Å². The minimum Gasteiger partial charge on any atom is -1.00 e. The summed E-state index contributed by atoms with van der Waals surface area (Å²) in [5.41, 5.74) is 2.75. The van der Waals surface area contributed by atoms with Crippen molar-refractivity contribution in [2.24, 2.45) is 0 Å². The van der Waals surface area contributed by atoms with Gasteiger partial charge in [0.1, 0.15) is 0 Å². The maximum Gasteiger partial charge on any atom is -1.00 e. The van der Waals surface area contributed by atoms with Gasteiger partial charge < -0.3 is 12.4 Å². The molecule has 0 unspecified atom stereocenters. The number of halogens is 1. The fourth-order valence-corrected chi connectivity index (χ4v) is 3.93. The van der Waals surface area contributed by atoms with E-state index in [0.29, 0.717) is 11.8 Å². The van der Waals surface area contributed by atoms with Gasteiger partial charge in [0.05, 0.1) is 0 Å². The number of benzene rings is 1. The molecule has 0 aromatic heterocycles. The molecule has 0 aliphatic rings. The Morgan fingerprint density at radius 3 is 1.81 bits per heavy atom. The Bertz CT molecular complexity index is 354. The van der Waals surface area contributed by atoms with Gasteiger partial charge in [-0.1, -0.05) is 0 Å². The minimum absolute atomic E-state index is 0. The van der Waals surface area contributed by atoms with Crippen molar-refractivity contribution in [3.63, 3.8) is 0 Å². The number of hydrogen-bond donors (Lipinski definition) is 0. The molecule has 1 aromatic carbocycles. The van der Waals surface area contributed by atoms with Crippen LogP contribution in [0.3, 0.4) is 0 Å². The Kier molecular flexibility index (Phi) is 7.03. The van der Waals surface area contributed by atoms with Crippen LogP contribution in [0.25, 0.3) is 3.25 Å². The fourth-order valence-electron chi connectivity index (χ4n) is 1.51. The fraction of sp³-hybridized carbons (Fsp3) is 0.462. The van der Waals surface area contributed by atoms with Crippen molar-refractivity contribution in [3.8, 4) is 0 Å². The standard InChI is InChI=1S/C12H17.CN.Au.ClH/c1-9(2)11-6-5-7-12(8-11)10(3)4;1-2;;/h5-7,9-10H,1-4H3;;;1H/q;-1;+1;/p-1. The van der Waals surface area contributed by atoms with Crippen LogP contribution in [0.4, 0.5) is 0 Å². The van der Waals surface area contributed by atoms with Crippen LogP contribution in [0.2, 0.25) is 0 Å². The van der Waals surface area contributed by atoms with E-state index in [-0.39, 0.29) is 32.4 Å². The topological polar surface area (TPSA) is 4.36 Å². The predicted molar refractivity (Wildman–Crippen MR) is 60.9 cm³/mol. The van der Waals surface area contributed by atoms with Gasteiger partial charge in [-0.3, -0.25) is 0 Å². The largest absolute Gasteiger partial charge is 1.00 e. The predicted octanol–water partition coefficient (Wildman–Crippen LogP) is 0.479. The van der Waals surface area contributed by atoms with E-state index in [1.165, 1.54) is 14.9 Å². The van der Waals surface area contributed by atoms with Gasteiger partial charge in [0.2, 0.25) is 0 Å². The first-order valence-corrected chi connectivity index (χ1v) is 7.19. The molecule has 0 aliphatic heterocycles. The molecule has 0 saturated heterocycles. The van der Waals surface area contributed by atoms with Crippen molar-refractivity contribution < 1.29 is 32.4 Å². The number of nitrogens with zero attached hydrogens (tertiary/aromatic N) is 1. The maximum atomic E-state index is 7.08. The van der Waals surface area contributed by atoms with Crippen molar-refractivity contribution in [2.75, 3.05) is 0 Å². The zero-order chi connectivity index (χ0) is 11.4. The normalized spacial score (nSPS) is 10.3. The van der Waals surface area contributed by atoms with E-state index in [9.17, 15) is 0 Å². The molecule has 1 aromatic rings. The van der Waals surface area contributed by atoms with Crippen molar-refractivity contribution in [1.82, 2.24) is 0 Å². The molecule has 0 amide bonds. The van der Waals surface area contributed by atoms with Crippen molar-refractivity contribution in [2.45, 2.75) is 39.5 Å². The number of hydrogen-bond acceptors (Lipinski definition) is 0. The third kappa shape index (κ3) is 3.64. The smallest absolute Gasteiger partial charge is 1.00 e. The first-order chi connectivity index (χ1) is 7.07. The van der Waals surface area contributed by atoms with Crippen molar-refractivity contribution >= 4 is 3.78 Å². The van der Waals surface area contributed by atoms with Crippen LogP contribution in [-0.4, -0.2) is 0 Å². The van der Waals surface area contributed by atoms with Crippen LogP contribution in [0.5, 0.6) is 0 Å². The average Bonchev–Trinajstić information content (AvgIpc) is 2.17. The summed E-state index contributed by atoms with van der Waals surface area (Å²) in [6.45, 7) is 15.9. The summed E-state index contributed by atoms with van der Waals surface area (Å²) in [6, 6.07) is 6.47. The van der Waals surface area contributed by atoms with Crippen LogP contribution >= 0.6 is 0 Å². The summed E-state index contributed by atoms with van der Waals surface area (Å²) in [7, 11) is 0. The molecule has 0 spiro atoms. The second-order valence-electron chi connectivity index (χ2n) is 4.16. The molecule has 0 bridgehead atoms. The second kappa shape index (κ2) is 7.14. The van der Waals surface area contributed by atoms with Crippen LogP contribution in [0, 0.1) is 6.57 Å². The molecule has 16 heavy (non-hydrogen) atoms. The summed E-state index contributed by atoms with van der Waals surface area (Å²) < 4.78 is 4.98. The molecule has 0 fully saturated rings. The first kappa shape index (κ1) is 15.7. The summed E-state index contributed by atoms with van der Waals surface area (Å²) in [4.78, 5) is 0. The Labute approximate surface area is 115 Å². The Morgan fingerprint density at radius 2 is 1.50 bits per heavy atom. The molecule has 0 atom stereocenters. The Hall–Kier alpha value is -0.260. The van der Waals surface area contributed by atoms with Gasteiger partial charge in [0.15, 0.2) is 0 Å². The van der Waals surface area contributed by atoms with Crippen LogP contribution < -0.4 is 16.2 Å². The SMILES string of the molecule is [C-]#[N+][Au][c]1c(C(C)C)cccc1C(C)C.[Cl-]. The molecular formula is C13H17AuClN-. The van der Waals surface area contributed by atoms with Gasteiger partial charge in [-0.05, 0) is 0 Å². The summed E-state index contributed by atoms with van der Waals surface area (Å²) in [5, 5.41) is 0. The van der Waals surface area contributed by atoms with E-state index in [1.807, 2.05) is 0 Å². The third-order valence-corrected chi connectivity index (χ3v) is 4.34. The molecule has 1 nitrogen and oxygen atoms in total. The van der Waals surface area contributed by atoms with E-state index in [4.69, 9.17) is 6.57 Å². The average molecular weight is 420 g/mol. The molecule has 0 N–H and O–H groups in total. The third-order valence-electron chi connectivity index (χ3n) is 2.36. The molecule has 93 valence electrons. The van der Waals surface area contributed by atoms with Gasteiger partial charge in [-0.15, -0.1) is 0 Å². The molecule has 0 heterocycles. The first-order valence-electron chi connectivity index (χ1n) is 5.14. The Morgan fingerprint density at radius 1 is 1.06 bits per heavy atom. The van der Waals surface area contributed by atoms with Crippen molar-refractivity contribution in [1.29, 1.82) is 0 Å². The monoisotopic (exact) mass is 419 g/mol. The molecule has 0 aliphatic carbocycles. The zero-order valence-corrected chi connectivity index (χ0v) is 12.9. The van der Waals surface area contributed by atoms with Gasteiger partial charge in [-0.25, -0.2) is 0 Å². The quantitative estimate of drug-likeness (QED) is 0.496. The van der Waals surface area contributed by atoms with Crippen LogP contribution in [-0.2, 0) is 20.0 Å². The maximum absolute atomic E-state index is 7.08. The summed E-state index contributed by atoms with van der Waals surface area (Å²) >= 11 is -0.372. The molecule has 3 heteroatoms. The summed E-state index contributed by atoms with van der Waals surface area (Å²) in [5.74, 6) is 1.05. The van der Waals surface area contributed by atoms with E-state index in [2.05, 4.69) is 49.1 Å². The summed E-state index contributed by atoms with van der Waals surface area (Å²) in [6.07, 6.45) is 0. The van der Waals surface area contributed by atoms with Crippen molar-refractivity contribution in [3.05, 3.63) is 39.1 Å². The second-order valence-corrected chi connectivity index (χ2v) is 6.21. The van der Waals surface area contributed by atoms with E-state index in [0.717, 1.165) is 0 Å². The van der Waals surface area contributed by atoms with Crippen LogP contribution in [0.1, 0.15) is 50.7 Å². The zero-order valence-electron chi connectivity index (χ0n) is 10.0. The van der Waals surface area contributed by atoms with Gasteiger partial charge in [0, 0.05) is 0 Å². The molecule has 0 saturated carbocycles. The van der Waals surface area contributed by atoms with Gasteiger partial charge in [-0.2, -0.15) is 0 Å². The molecule has 1 rings (SSSR count). The molecule has 0 radical (unpaired) electrons. The van der Waals surface area contributed by atoms with Gasteiger partial charge >= 0.3 is 102 Å². The molecular weight excluding hydrogens is 403 g/mol. The Balaban J connectivity index is 0.00000225. The van der Waals surface area contributed by atoms with Gasteiger partial charge in [0.25, 0.3) is 0 Å².